The number of ether oxygens (including phenoxy) is 1. The van der Waals surface area contributed by atoms with Crippen LogP contribution in [0.15, 0.2) is 30.3 Å². The summed E-state index contributed by atoms with van der Waals surface area (Å²) in [5, 5.41) is 9.94. The second kappa shape index (κ2) is 6.01. The van der Waals surface area contributed by atoms with Gasteiger partial charge in [-0.05, 0) is 5.56 Å². The van der Waals surface area contributed by atoms with Gasteiger partial charge in [0.1, 0.15) is 0 Å². The van der Waals surface area contributed by atoms with Crippen molar-refractivity contribution < 1.29 is 9.84 Å². The molecule has 1 aromatic carbocycles. The van der Waals surface area contributed by atoms with E-state index in [9.17, 15) is 5.11 Å². The van der Waals surface area contributed by atoms with Gasteiger partial charge in [0.15, 0.2) is 0 Å². The summed E-state index contributed by atoms with van der Waals surface area (Å²) in [7, 11) is 0. The molecule has 3 nitrogen and oxygen atoms in total. The van der Waals surface area contributed by atoms with Crippen molar-refractivity contribution >= 4 is 0 Å². The molecule has 1 N–H and O–H groups in total. The molecule has 3 heteroatoms. The van der Waals surface area contributed by atoms with E-state index in [1.54, 1.807) is 0 Å². The molecule has 0 radical (unpaired) electrons. The maximum Gasteiger partial charge on any atom is 0.0806 e. The zero-order valence-electron chi connectivity index (χ0n) is 10.5. The number of hydrogen-bond donors (Lipinski definition) is 1. The van der Waals surface area contributed by atoms with Gasteiger partial charge in [0.2, 0.25) is 0 Å². The number of morpholine rings is 1. The molecule has 1 aromatic rings. The van der Waals surface area contributed by atoms with E-state index in [-0.39, 0.29) is 6.61 Å². The molecule has 1 unspecified atom stereocenters. The molecule has 18 heavy (non-hydrogen) atoms. The van der Waals surface area contributed by atoms with Gasteiger partial charge in [-0.25, -0.2) is 0 Å². The Balaban J connectivity index is 2.35. The van der Waals surface area contributed by atoms with E-state index in [0.29, 0.717) is 19.6 Å². The molecule has 0 aliphatic carbocycles. The number of rotatable bonds is 4. The van der Waals surface area contributed by atoms with Gasteiger partial charge in [0.25, 0.3) is 0 Å². The Morgan fingerprint density at radius 2 is 1.94 bits per heavy atom. The van der Waals surface area contributed by atoms with Crippen molar-refractivity contribution in [3.05, 3.63) is 35.9 Å². The van der Waals surface area contributed by atoms with Gasteiger partial charge in [0.05, 0.1) is 25.4 Å². The highest BCUT2D eigenvalue weighted by Crippen LogP contribution is 2.32. The molecule has 2 rings (SSSR count). The van der Waals surface area contributed by atoms with Gasteiger partial charge in [-0.3, -0.25) is 4.90 Å². The SMILES string of the molecule is C#CCC(CO)(c1ccccc1)N1CCOCC1. The van der Waals surface area contributed by atoms with E-state index in [4.69, 9.17) is 11.2 Å². The quantitative estimate of drug-likeness (QED) is 0.810. The number of hydrogen-bond acceptors (Lipinski definition) is 3. The number of aliphatic hydroxyl groups is 1. The summed E-state index contributed by atoms with van der Waals surface area (Å²) < 4.78 is 5.38. The summed E-state index contributed by atoms with van der Waals surface area (Å²) >= 11 is 0. The largest absolute Gasteiger partial charge is 0.394 e. The van der Waals surface area contributed by atoms with Gasteiger partial charge in [-0.1, -0.05) is 30.3 Å². The number of terminal acetylenes is 1. The van der Waals surface area contributed by atoms with Crippen LogP contribution in [-0.4, -0.2) is 42.9 Å². The lowest BCUT2D eigenvalue weighted by atomic mass is 9.85. The number of benzene rings is 1. The molecule has 1 aliphatic heterocycles. The Morgan fingerprint density at radius 1 is 1.28 bits per heavy atom. The summed E-state index contributed by atoms with van der Waals surface area (Å²) in [5.41, 5.74) is 0.604. The van der Waals surface area contributed by atoms with Crippen LogP contribution in [0.5, 0.6) is 0 Å². The van der Waals surface area contributed by atoms with E-state index in [1.807, 2.05) is 30.3 Å². The summed E-state index contributed by atoms with van der Waals surface area (Å²) in [6.07, 6.45) is 6.02. The average molecular weight is 245 g/mol. The molecule has 0 aromatic heterocycles. The molecule has 0 saturated carbocycles. The number of nitrogens with zero attached hydrogens (tertiary/aromatic N) is 1. The van der Waals surface area contributed by atoms with E-state index >= 15 is 0 Å². The standard InChI is InChI=1S/C15H19NO2/c1-2-8-15(13-17,14-6-4-3-5-7-14)16-9-11-18-12-10-16/h1,3-7,17H,8-13H2. The van der Waals surface area contributed by atoms with E-state index in [1.165, 1.54) is 0 Å². The molecule has 1 atom stereocenters. The first kappa shape index (κ1) is 13.1. The summed E-state index contributed by atoms with van der Waals surface area (Å²) in [4.78, 5) is 2.24. The van der Waals surface area contributed by atoms with Crippen LogP contribution < -0.4 is 0 Å². The van der Waals surface area contributed by atoms with Gasteiger partial charge < -0.3 is 9.84 Å². The highest BCUT2D eigenvalue weighted by atomic mass is 16.5. The fourth-order valence-electron chi connectivity index (χ4n) is 2.55. The van der Waals surface area contributed by atoms with Gasteiger partial charge >= 0.3 is 0 Å². The maximum absolute atomic E-state index is 9.94. The minimum atomic E-state index is -0.472. The lowest BCUT2D eigenvalue weighted by Crippen LogP contribution is -2.53. The lowest BCUT2D eigenvalue weighted by Gasteiger charge is -2.44. The second-order valence-electron chi connectivity index (χ2n) is 4.54. The van der Waals surface area contributed by atoms with Crippen LogP contribution in [0.3, 0.4) is 0 Å². The summed E-state index contributed by atoms with van der Waals surface area (Å²) in [5.74, 6) is 2.71. The van der Waals surface area contributed by atoms with Crippen molar-refractivity contribution in [2.45, 2.75) is 12.0 Å². The third-order valence-corrected chi connectivity index (χ3v) is 3.58. The van der Waals surface area contributed by atoms with Crippen molar-refractivity contribution in [1.29, 1.82) is 0 Å². The van der Waals surface area contributed by atoms with Gasteiger partial charge in [-0.2, -0.15) is 0 Å². The van der Waals surface area contributed by atoms with E-state index in [2.05, 4.69) is 10.8 Å². The normalized spacial score (nSPS) is 20.0. The monoisotopic (exact) mass is 245 g/mol. The van der Waals surface area contributed by atoms with Crippen molar-refractivity contribution in [3.63, 3.8) is 0 Å². The van der Waals surface area contributed by atoms with Crippen LogP contribution >= 0.6 is 0 Å². The first-order valence-electron chi connectivity index (χ1n) is 6.26. The van der Waals surface area contributed by atoms with Crippen molar-refractivity contribution in [3.8, 4) is 12.3 Å². The molecule has 0 bridgehead atoms. The van der Waals surface area contributed by atoms with Crippen LogP contribution in [0.2, 0.25) is 0 Å². The highest BCUT2D eigenvalue weighted by molar-refractivity contribution is 5.27. The van der Waals surface area contributed by atoms with Crippen molar-refractivity contribution in [2.24, 2.45) is 0 Å². The van der Waals surface area contributed by atoms with Crippen molar-refractivity contribution in [2.75, 3.05) is 32.9 Å². The minimum Gasteiger partial charge on any atom is -0.394 e. The topological polar surface area (TPSA) is 32.7 Å². The molecule has 1 heterocycles. The molecule has 1 aliphatic rings. The molecule has 1 fully saturated rings. The van der Waals surface area contributed by atoms with Crippen LogP contribution in [-0.2, 0) is 10.3 Å². The third-order valence-electron chi connectivity index (χ3n) is 3.58. The Bertz CT molecular complexity index is 406. The Morgan fingerprint density at radius 3 is 2.50 bits per heavy atom. The molecule has 0 spiro atoms. The zero-order valence-corrected chi connectivity index (χ0v) is 10.5. The fraction of sp³-hybridized carbons (Fsp3) is 0.467. The van der Waals surface area contributed by atoms with Crippen LogP contribution in [0.4, 0.5) is 0 Å². The summed E-state index contributed by atoms with van der Waals surface area (Å²) in [6, 6.07) is 10.0. The molecule has 1 saturated heterocycles. The number of aliphatic hydroxyl groups excluding tert-OH is 1. The Kier molecular flexibility index (Phi) is 4.38. The highest BCUT2D eigenvalue weighted by Gasteiger charge is 2.38. The van der Waals surface area contributed by atoms with E-state index < -0.39 is 5.54 Å². The van der Waals surface area contributed by atoms with Gasteiger partial charge in [-0.15, -0.1) is 12.3 Å². The predicted octanol–water partition coefficient (Wildman–Crippen LogP) is 1.23. The fourth-order valence-corrected chi connectivity index (χ4v) is 2.55. The van der Waals surface area contributed by atoms with E-state index in [0.717, 1.165) is 18.7 Å². The maximum atomic E-state index is 9.94. The van der Waals surface area contributed by atoms with Crippen LogP contribution in [0.1, 0.15) is 12.0 Å². The van der Waals surface area contributed by atoms with Crippen LogP contribution in [0, 0.1) is 12.3 Å². The molecular formula is C15H19NO2. The predicted molar refractivity (Wildman–Crippen MR) is 71.0 cm³/mol. The zero-order chi connectivity index (χ0) is 12.8. The third kappa shape index (κ3) is 2.41. The molecule has 0 amide bonds. The first-order chi connectivity index (χ1) is 8.83. The lowest BCUT2D eigenvalue weighted by molar-refractivity contribution is -0.0454. The first-order valence-corrected chi connectivity index (χ1v) is 6.26. The molecule has 96 valence electrons. The summed E-state index contributed by atoms with van der Waals surface area (Å²) in [6.45, 7) is 3.02. The second-order valence-corrected chi connectivity index (χ2v) is 4.54. The Labute approximate surface area is 108 Å². The van der Waals surface area contributed by atoms with Crippen LogP contribution in [0.25, 0.3) is 0 Å². The Hall–Kier alpha value is -1.34. The average Bonchev–Trinajstić information content (AvgIpc) is 2.47. The van der Waals surface area contributed by atoms with Crippen molar-refractivity contribution in [1.82, 2.24) is 4.90 Å². The smallest absolute Gasteiger partial charge is 0.0806 e. The van der Waals surface area contributed by atoms with Gasteiger partial charge in [0, 0.05) is 19.5 Å². The minimum absolute atomic E-state index is 0.0290. The molecular weight excluding hydrogens is 226 g/mol.